The molecule has 1 heteroatoms. The van der Waals surface area contributed by atoms with Gasteiger partial charge < -0.3 is 0 Å². The largest absolute Gasteiger partial charge is 0.0883 e. The molecular formula is C11H11Br. The third-order valence-electron chi connectivity index (χ3n) is 1.42. The van der Waals surface area contributed by atoms with Gasteiger partial charge in [-0.2, -0.15) is 0 Å². The van der Waals surface area contributed by atoms with Crippen molar-refractivity contribution in [3.8, 4) is 0 Å². The number of alkyl halides is 1. The van der Waals surface area contributed by atoms with Gasteiger partial charge in [-0.05, 0) is 5.56 Å². The molecule has 0 amide bonds. The van der Waals surface area contributed by atoms with Gasteiger partial charge in [-0.3, -0.25) is 0 Å². The average molecular weight is 223 g/mol. The molecule has 0 nitrogen and oxygen atoms in total. The number of hydrogen-bond acceptors (Lipinski definition) is 0. The number of rotatable bonds is 3. The third-order valence-corrected chi connectivity index (χ3v) is 1.80. The maximum Gasteiger partial charge on any atom is 0.0215 e. The van der Waals surface area contributed by atoms with Crippen molar-refractivity contribution in [2.75, 3.05) is 5.33 Å². The van der Waals surface area contributed by atoms with E-state index in [1.807, 2.05) is 30.4 Å². The first kappa shape index (κ1) is 9.27. The Morgan fingerprint density at radius 3 is 2.50 bits per heavy atom. The molecule has 0 spiro atoms. The summed E-state index contributed by atoms with van der Waals surface area (Å²) in [5.74, 6) is 0. The van der Waals surface area contributed by atoms with Gasteiger partial charge in [0.25, 0.3) is 0 Å². The molecule has 0 aliphatic heterocycles. The summed E-state index contributed by atoms with van der Waals surface area (Å²) in [6.45, 7) is 0. The fourth-order valence-corrected chi connectivity index (χ4v) is 1.08. The average Bonchev–Trinajstić information content (AvgIpc) is 2.14. The van der Waals surface area contributed by atoms with E-state index in [1.54, 1.807) is 0 Å². The lowest BCUT2D eigenvalue weighted by Crippen LogP contribution is -1.66. The standard InChI is InChI=1S/C11H11Br/c12-10-6-2-5-9-11-7-3-1-4-8-11/h1-9H,10H2. The minimum absolute atomic E-state index is 0.909. The summed E-state index contributed by atoms with van der Waals surface area (Å²) in [5, 5.41) is 0.909. The zero-order chi connectivity index (χ0) is 8.65. The molecule has 0 heterocycles. The van der Waals surface area contributed by atoms with Crippen LogP contribution in [0, 0.1) is 0 Å². The Hall–Kier alpha value is -0.820. The molecule has 0 bridgehead atoms. The van der Waals surface area contributed by atoms with Crippen LogP contribution in [0.3, 0.4) is 0 Å². The summed E-state index contributed by atoms with van der Waals surface area (Å²) < 4.78 is 0. The molecular weight excluding hydrogens is 212 g/mol. The Kier molecular flexibility index (Phi) is 4.47. The quantitative estimate of drug-likeness (QED) is 0.542. The lowest BCUT2D eigenvalue weighted by atomic mass is 10.2. The van der Waals surface area contributed by atoms with Gasteiger partial charge in [0.1, 0.15) is 0 Å². The van der Waals surface area contributed by atoms with Gasteiger partial charge in [-0.15, -0.1) is 0 Å². The molecule has 0 saturated heterocycles. The van der Waals surface area contributed by atoms with E-state index in [1.165, 1.54) is 5.56 Å². The van der Waals surface area contributed by atoms with E-state index in [0.717, 1.165) is 5.33 Å². The van der Waals surface area contributed by atoms with Crippen molar-refractivity contribution >= 4 is 22.0 Å². The molecule has 0 unspecified atom stereocenters. The molecule has 0 aromatic heterocycles. The summed E-state index contributed by atoms with van der Waals surface area (Å²) in [6, 6.07) is 10.3. The smallest absolute Gasteiger partial charge is 0.0215 e. The van der Waals surface area contributed by atoms with Crippen molar-refractivity contribution in [2.24, 2.45) is 0 Å². The van der Waals surface area contributed by atoms with Gasteiger partial charge in [0.15, 0.2) is 0 Å². The summed E-state index contributed by atoms with van der Waals surface area (Å²) >= 11 is 3.32. The van der Waals surface area contributed by atoms with Crippen LogP contribution < -0.4 is 0 Å². The lowest BCUT2D eigenvalue weighted by Gasteiger charge is -1.87. The highest BCUT2D eigenvalue weighted by atomic mass is 79.9. The van der Waals surface area contributed by atoms with E-state index in [-0.39, 0.29) is 0 Å². The van der Waals surface area contributed by atoms with Gasteiger partial charge in [-0.1, -0.05) is 70.6 Å². The maximum absolute atomic E-state index is 3.32. The van der Waals surface area contributed by atoms with Crippen molar-refractivity contribution in [1.29, 1.82) is 0 Å². The van der Waals surface area contributed by atoms with Crippen LogP contribution in [0.5, 0.6) is 0 Å². The second-order valence-electron chi connectivity index (χ2n) is 2.35. The highest BCUT2D eigenvalue weighted by molar-refractivity contribution is 9.09. The molecule has 0 atom stereocenters. The molecule has 0 aliphatic carbocycles. The third kappa shape index (κ3) is 3.54. The van der Waals surface area contributed by atoms with Crippen LogP contribution in [0.2, 0.25) is 0 Å². The second kappa shape index (κ2) is 5.78. The van der Waals surface area contributed by atoms with Crippen LogP contribution in [0.25, 0.3) is 6.08 Å². The highest BCUT2D eigenvalue weighted by Crippen LogP contribution is 2.00. The van der Waals surface area contributed by atoms with Gasteiger partial charge in [0.2, 0.25) is 0 Å². The maximum atomic E-state index is 3.32. The Morgan fingerprint density at radius 1 is 1.08 bits per heavy atom. The monoisotopic (exact) mass is 222 g/mol. The normalized spacial score (nSPS) is 11.4. The first-order valence-electron chi connectivity index (χ1n) is 3.87. The molecule has 1 rings (SSSR count). The molecule has 62 valence electrons. The number of hydrogen-bond donors (Lipinski definition) is 0. The van der Waals surface area contributed by atoms with Crippen LogP contribution in [0.15, 0.2) is 48.6 Å². The number of allylic oxidation sites excluding steroid dienone is 3. The molecule has 1 aromatic rings. The van der Waals surface area contributed by atoms with Crippen LogP contribution >= 0.6 is 15.9 Å². The van der Waals surface area contributed by atoms with Crippen LogP contribution in [0.4, 0.5) is 0 Å². The number of halogens is 1. The summed E-state index contributed by atoms with van der Waals surface area (Å²) in [6.07, 6.45) is 8.21. The van der Waals surface area contributed by atoms with Crippen LogP contribution in [-0.2, 0) is 0 Å². The van der Waals surface area contributed by atoms with E-state index in [2.05, 4.69) is 40.2 Å². The van der Waals surface area contributed by atoms with E-state index < -0.39 is 0 Å². The van der Waals surface area contributed by atoms with E-state index in [4.69, 9.17) is 0 Å². The Labute approximate surface area is 81.7 Å². The van der Waals surface area contributed by atoms with Gasteiger partial charge in [0.05, 0.1) is 0 Å². The van der Waals surface area contributed by atoms with Crippen molar-refractivity contribution < 1.29 is 0 Å². The SMILES string of the molecule is BrCC=CC=Cc1ccccc1. The van der Waals surface area contributed by atoms with Gasteiger partial charge in [-0.25, -0.2) is 0 Å². The zero-order valence-electron chi connectivity index (χ0n) is 6.78. The first-order chi connectivity index (χ1) is 5.93. The molecule has 1 aromatic carbocycles. The molecule has 0 saturated carbocycles. The predicted molar refractivity (Wildman–Crippen MR) is 58.4 cm³/mol. The second-order valence-corrected chi connectivity index (χ2v) is 3.00. The minimum Gasteiger partial charge on any atom is -0.0883 e. The molecule has 0 N–H and O–H groups in total. The Balaban J connectivity index is 2.52. The Bertz CT molecular complexity index is 260. The first-order valence-corrected chi connectivity index (χ1v) is 5.00. The Morgan fingerprint density at radius 2 is 1.83 bits per heavy atom. The molecule has 12 heavy (non-hydrogen) atoms. The molecule has 0 radical (unpaired) electrons. The fourth-order valence-electron chi connectivity index (χ4n) is 0.861. The zero-order valence-corrected chi connectivity index (χ0v) is 8.37. The minimum atomic E-state index is 0.909. The van der Waals surface area contributed by atoms with Gasteiger partial charge in [0, 0.05) is 5.33 Å². The van der Waals surface area contributed by atoms with Crippen molar-refractivity contribution in [1.82, 2.24) is 0 Å². The van der Waals surface area contributed by atoms with Crippen molar-refractivity contribution in [3.63, 3.8) is 0 Å². The summed E-state index contributed by atoms with van der Waals surface area (Å²) in [4.78, 5) is 0. The van der Waals surface area contributed by atoms with E-state index in [0.29, 0.717) is 0 Å². The molecule has 0 aliphatic rings. The van der Waals surface area contributed by atoms with E-state index >= 15 is 0 Å². The summed E-state index contributed by atoms with van der Waals surface area (Å²) in [5.41, 5.74) is 1.23. The fraction of sp³-hybridized carbons (Fsp3) is 0.0909. The topological polar surface area (TPSA) is 0 Å². The van der Waals surface area contributed by atoms with Crippen LogP contribution in [-0.4, -0.2) is 5.33 Å². The number of benzene rings is 1. The molecule has 0 fully saturated rings. The predicted octanol–water partition coefficient (Wildman–Crippen LogP) is 3.65. The summed E-state index contributed by atoms with van der Waals surface area (Å²) in [7, 11) is 0. The van der Waals surface area contributed by atoms with Crippen molar-refractivity contribution in [2.45, 2.75) is 0 Å². The lowest BCUT2D eigenvalue weighted by molar-refractivity contribution is 1.66. The van der Waals surface area contributed by atoms with Crippen molar-refractivity contribution in [3.05, 3.63) is 54.1 Å². The highest BCUT2D eigenvalue weighted by Gasteiger charge is 1.78. The van der Waals surface area contributed by atoms with E-state index in [9.17, 15) is 0 Å². The van der Waals surface area contributed by atoms with Gasteiger partial charge >= 0.3 is 0 Å². The van der Waals surface area contributed by atoms with Crippen LogP contribution in [0.1, 0.15) is 5.56 Å².